The van der Waals surface area contributed by atoms with Crippen molar-refractivity contribution in [2.24, 2.45) is 0 Å². The Bertz CT molecular complexity index is 257. The zero-order chi connectivity index (χ0) is 9.68. The molecule has 0 aliphatic carbocycles. The fourth-order valence-corrected chi connectivity index (χ4v) is 1.06. The summed E-state index contributed by atoms with van der Waals surface area (Å²) in [6.07, 6.45) is 1.06. The number of rotatable bonds is 5. The Labute approximate surface area is 78.9 Å². The molecule has 1 aromatic rings. The van der Waals surface area contributed by atoms with Gasteiger partial charge in [0.25, 0.3) is 0 Å². The SMILES string of the molecule is CCCOCCn1nnc(C)c1C. The lowest BCUT2D eigenvalue weighted by atomic mass is 10.4. The molecule has 0 aliphatic rings. The molecule has 1 aromatic heterocycles. The summed E-state index contributed by atoms with van der Waals surface area (Å²) in [7, 11) is 0. The Balaban J connectivity index is 2.32. The maximum atomic E-state index is 5.36. The van der Waals surface area contributed by atoms with Gasteiger partial charge >= 0.3 is 0 Å². The van der Waals surface area contributed by atoms with E-state index in [1.807, 2.05) is 18.5 Å². The van der Waals surface area contributed by atoms with E-state index in [9.17, 15) is 0 Å². The average Bonchev–Trinajstić information content (AvgIpc) is 2.43. The van der Waals surface area contributed by atoms with Gasteiger partial charge in [0.05, 0.1) is 24.5 Å². The molecule has 0 unspecified atom stereocenters. The maximum absolute atomic E-state index is 5.36. The highest BCUT2D eigenvalue weighted by atomic mass is 16.5. The maximum Gasteiger partial charge on any atom is 0.0825 e. The van der Waals surface area contributed by atoms with Crippen LogP contribution in [0.3, 0.4) is 0 Å². The van der Waals surface area contributed by atoms with Gasteiger partial charge in [0, 0.05) is 6.61 Å². The minimum atomic E-state index is 0.720. The summed E-state index contributed by atoms with van der Waals surface area (Å²) < 4.78 is 7.24. The van der Waals surface area contributed by atoms with Crippen molar-refractivity contribution < 1.29 is 4.74 Å². The van der Waals surface area contributed by atoms with E-state index in [4.69, 9.17) is 4.74 Å². The molecule has 0 radical (unpaired) electrons. The molecule has 0 spiro atoms. The van der Waals surface area contributed by atoms with Crippen molar-refractivity contribution in [1.82, 2.24) is 15.0 Å². The van der Waals surface area contributed by atoms with E-state index < -0.39 is 0 Å². The molecule has 0 atom stereocenters. The number of hydrogen-bond donors (Lipinski definition) is 0. The van der Waals surface area contributed by atoms with Crippen LogP contribution in [0.5, 0.6) is 0 Å². The minimum absolute atomic E-state index is 0.720. The highest BCUT2D eigenvalue weighted by Gasteiger charge is 2.02. The monoisotopic (exact) mass is 183 g/mol. The number of ether oxygens (including phenoxy) is 1. The van der Waals surface area contributed by atoms with Crippen LogP contribution >= 0.6 is 0 Å². The van der Waals surface area contributed by atoms with Gasteiger partial charge in [-0.2, -0.15) is 0 Å². The third-order valence-electron chi connectivity index (χ3n) is 2.01. The molecule has 74 valence electrons. The third-order valence-corrected chi connectivity index (χ3v) is 2.01. The zero-order valence-corrected chi connectivity index (χ0v) is 8.58. The summed E-state index contributed by atoms with van der Waals surface area (Å²) >= 11 is 0. The van der Waals surface area contributed by atoms with E-state index in [2.05, 4.69) is 17.2 Å². The van der Waals surface area contributed by atoms with Crippen LogP contribution in [0.25, 0.3) is 0 Å². The van der Waals surface area contributed by atoms with Crippen LogP contribution in [0.2, 0.25) is 0 Å². The molecule has 1 rings (SSSR count). The van der Waals surface area contributed by atoms with E-state index in [1.165, 1.54) is 0 Å². The van der Waals surface area contributed by atoms with E-state index >= 15 is 0 Å². The second kappa shape index (κ2) is 4.97. The quantitative estimate of drug-likeness (QED) is 0.646. The fraction of sp³-hybridized carbons (Fsp3) is 0.778. The second-order valence-electron chi connectivity index (χ2n) is 3.10. The summed E-state index contributed by atoms with van der Waals surface area (Å²) in [5.74, 6) is 0. The van der Waals surface area contributed by atoms with Gasteiger partial charge in [-0.3, -0.25) is 0 Å². The Kier molecular flexibility index (Phi) is 3.89. The molecule has 0 amide bonds. The lowest BCUT2D eigenvalue weighted by Crippen LogP contribution is -2.09. The lowest BCUT2D eigenvalue weighted by Gasteiger charge is -2.03. The topological polar surface area (TPSA) is 39.9 Å². The molecule has 0 aliphatic heterocycles. The van der Waals surface area contributed by atoms with Gasteiger partial charge in [-0.05, 0) is 20.3 Å². The smallest absolute Gasteiger partial charge is 0.0825 e. The molecule has 0 aromatic carbocycles. The largest absolute Gasteiger partial charge is 0.380 e. The van der Waals surface area contributed by atoms with Crippen molar-refractivity contribution in [1.29, 1.82) is 0 Å². The highest BCUT2D eigenvalue weighted by Crippen LogP contribution is 2.00. The average molecular weight is 183 g/mol. The van der Waals surface area contributed by atoms with Crippen LogP contribution < -0.4 is 0 Å². The van der Waals surface area contributed by atoms with E-state index in [0.717, 1.165) is 37.6 Å². The first-order valence-electron chi connectivity index (χ1n) is 4.70. The van der Waals surface area contributed by atoms with Gasteiger partial charge in [-0.1, -0.05) is 12.1 Å². The molecule has 0 saturated heterocycles. The molecule has 4 heteroatoms. The molecule has 0 fully saturated rings. The van der Waals surface area contributed by atoms with Crippen molar-refractivity contribution in [3.8, 4) is 0 Å². The summed E-state index contributed by atoms with van der Waals surface area (Å²) in [5, 5.41) is 7.97. The molecular weight excluding hydrogens is 166 g/mol. The first-order chi connectivity index (χ1) is 6.25. The Morgan fingerprint density at radius 2 is 2.08 bits per heavy atom. The van der Waals surface area contributed by atoms with Crippen LogP contribution in [-0.4, -0.2) is 28.2 Å². The summed E-state index contributed by atoms with van der Waals surface area (Å²) in [6, 6.07) is 0. The molecule has 1 heterocycles. The Morgan fingerprint density at radius 1 is 1.31 bits per heavy atom. The van der Waals surface area contributed by atoms with Gasteiger partial charge in [0.15, 0.2) is 0 Å². The minimum Gasteiger partial charge on any atom is -0.380 e. The van der Waals surface area contributed by atoms with E-state index in [-0.39, 0.29) is 0 Å². The van der Waals surface area contributed by atoms with Crippen LogP contribution in [0.15, 0.2) is 0 Å². The number of hydrogen-bond acceptors (Lipinski definition) is 3. The van der Waals surface area contributed by atoms with Gasteiger partial charge in [0.2, 0.25) is 0 Å². The summed E-state index contributed by atoms with van der Waals surface area (Å²) in [5.41, 5.74) is 2.12. The third kappa shape index (κ3) is 2.81. The predicted octanol–water partition coefficient (Wildman–Crippen LogP) is 1.32. The first kappa shape index (κ1) is 10.2. The highest BCUT2D eigenvalue weighted by molar-refractivity contribution is 5.04. The van der Waals surface area contributed by atoms with Crippen molar-refractivity contribution in [2.75, 3.05) is 13.2 Å². The van der Waals surface area contributed by atoms with Gasteiger partial charge < -0.3 is 4.74 Å². The van der Waals surface area contributed by atoms with E-state index in [0.29, 0.717) is 0 Å². The summed E-state index contributed by atoms with van der Waals surface area (Å²) in [6.45, 7) is 8.43. The fourth-order valence-electron chi connectivity index (χ4n) is 1.06. The number of aromatic nitrogens is 3. The van der Waals surface area contributed by atoms with Crippen molar-refractivity contribution in [3.63, 3.8) is 0 Å². The predicted molar refractivity (Wildman–Crippen MR) is 50.6 cm³/mol. The zero-order valence-electron chi connectivity index (χ0n) is 8.58. The van der Waals surface area contributed by atoms with Crippen molar-refractivity contribution in [3.05, 3.63) is 11.4 Å². The van der Waals surface area contributed by atoms with Crippen LogP contribution in [-0.2, 0) is 11.3 Å². The molecule has 0 saturated carbocycles. The molecule has 13 heavy (non-hydrogen) atoms. The van der Waals surface area contributed by atoms with Crippen LogP contribution in [0, 0.1) is 13.8 Å². The summed E-state index contributed by atoms with van der Waals surface area (Å²) in [4.78, 5) is 0. The number of nitrogens with zero attached hydrogens (tertiary/aromatic N) is 3. The van der Waals surface area contributed by atoms with Crippen LogP contribution in [0.1, 0.15) is 24.7 Å². The number of aryl methyl sites for hydroxylation is 1. The normalized spacial score (nSPS) is 10.7. The standard InChI is InChI=1S/C9H17N3O/c1-4-6-13-7-5-12-9(3)8(2)10-11-12/h4-7H2,1-3H3. The van der Waals surface area contributed by atoms with Crippen molar-refractivity contribution >= 4 is 0 Å². The Hall–Kier alpha value is -0.900. The van der Waals surface area contributed by atoms with E-state index in [1.54, 1.807) is 0 Å². The van der Waals surface area contributed by atoms with Crippen molar-refractivity contribution in [2.45, 2.75) is 33.7 Å². The molecular formula is C9H17N3O. The molecule has 0 N–H and O–H groups in total. The van der Waals surface area contributed by atoms with Gasteiger partial charge in [-0.25, -0.2) is 4.68 Å². The second-order valence-corrected chi connectivity index (χ2v) is 3.10. The first-order valence-corrected chi connectivity index (χ1v) is 4.70. The van der Waals surface area contributed by atoms with Gasteiger partial charge in [-0.15, -0.1) is 5.10 Å². The Morgan fingerprint density at radius 3 is 2.62 bits per heavy atom. The van der Waals surface area contributed by atoms with Gasteiger partial charge in [0.1, 0.15) is 0 Å². The lowest BCUT2D eigenvalue weighted by molar-refractivity contribution is 0.123. The molecule has 4 nitrogen and oxygen atoms in total. The molecule has 0 bridgehead atoms. The van der Waals surface area contributed by atoms with Crippen LogP contribution in [0.4, 0.5) is 0 Å².